The highest BCUT2D eigenvalue weighted by molar-refractivity contribution is 7.78. The van der Waals surface area contributed by atoms with Crippen molar-refractivity contribution >= 4 is 52.9 Å². The van der Waals surface area contributed by atoms with Crippen LogP contribution in [0.1, 0.15) is 12.5 Å². The molecule has 0 aromatic heterocycles. The van der Waals surface area contributed by atoms with Crippen LogP contribution in [0, 0.1) is 0 Å². The van der Waals surface area contributed by atoms with Gasteiger partial charge in [0.1, 0.15) is 0 Å². The summed E-state index contributed by atoms with van der Waals surface area (Å²) in [6.45, 7) is -1.65. The first kappa shape index (κ1) is 32.3. The van der Waals surface area contributed by atoms with Gasteiger partial charge in [0.2, 0.25) is 0 Å². The van der Waals surface area contributed by atoms with Gasteiger partial charge in [0.15, 0.2) is 0 Å². The van der Waals surface area contributed by atoms with Crippen LogP contribution in [0.5, 0.6) is 0 Å². The van der Waals surface area contributed by atoms with Crippen LogP contribution in [0.15, 0.2) is 29.3 Å². The van der Waals surface area contributed by atoms with E-state index in [0.29, 0.717) is 11.3 Å². The first-order valence-electron chi connectivity index (χ1n) is 11.3. The van der Waals surface area contributed by atoms with Crippen molar-refractivity contribution in [3.8, 4) is 0 Å². The summed E-state index contributed by atoms with van der Waals surface area (Å²) in [5.41, 5.74) is 1.20. The molecule has 0 spiro atoms. The first-order valence-corrected chi connectivity index (χ1v) is 11.7. The molecule has 0 bridgehead atoms. The number of nitrogens with zero attached hydrogens (tertiary/aromatic N) is 4. The van der Waals surface area contributed by atoms with Crippen LogP contribution >= 0.6 is 12.2 Å². The number of rotatable bonds is 19. The third-order valence-electron chi connectivity index (χ3n) is 5.43. The van der Waals surface area contributed by atoms with E-state index >= 15 is 0 Å². The van der Waals surface area contributed by atoms with Crippen molar-refractivity contribution in [1.82, 2.24) is 14.7 Å². The van der Waals surface area contributed by atoms with E-state index in [9.17, 15) is 39.3 Å². The van der Waals surface area contributed by atoms with Gasteiger partial charge in [-0.2, -0.15) is 4.99 Å². The average molecular weight is 555 g/mol. The molecule has 0 heterocycles. The Balaban J connectivity index is 3.33. The SMILES string of the molecule is C[C@H](CN(CC(=O)O)C[C@@H](Cc1ccc(N=C=S)cc1)N(CC(=O)O)CC(=O)O)N(CC(=O)O)CC(=O)O. The highest BCUT2D eigenvalue weighted by Crippen LogP contribution is 2.17. The van der Waals surface area contributed by atoms with E-state index in [4.69, 9.17) is 10.2 Å². The minimum atomic E-state index is -1.28. The second-order valence-corrected chi connectivity index (χ2v) is 8.73. The molecular formula is C23H30N4O10S. The predicted molar refractivity (Wildman–Crippen MR) is 136 cm³/mol. The number of aliphatic imine (C=N–C) groups is 1. The Morgan fingerprint density at radius 3 is 1.63 bits per heavy atom. The molecule has 0 radical (unpaired) electrons. The Morgan fingerprint density at radius 2 is 1.21 bits per heavy atom. The molecule has 0 aliphatic heterocycles. The van der Waals surface area contributed by atoms with Crippen molar-refractivity contribution in [1.29, 1.82) is 0 Å². The van der Waals surface area contributed by atoms with Crippen LogP contribution in [0.3, 0.4) is 0 Å². The number of carbonyl (C=O) groups is 5. The maximum atomic E-state index is 11.6. The van der Waals surface area contributed by atoms with E-state index in [1.807, 2.05) is 0 Å². The van der Waals surface area contributed by atoms with Crippen molar-refractivity contribution in [2.45, 2.75) is 25.4 Å². The van der Waals surface area contributed by atoms with Crippen molar-refractivity contribution < 1.29 is 49.5 Å². The van der Waals surface area contributed by atoms with E-state index in [0.717, 1.165) is 4.90 Å². The number of hydrogen-bond donors (Lipinski definition) is 5. The summed E-state index contributed by atoms with van der Waals surface area (Å²) in [4.78, 5) is 64.7. The van der Waals surface area contributed by atoms with Gasteiger partial charge in [-0.15, -0.1) is 0 Å². The second kappa shape index (κ2) is 16.2. The minimum absolute atomic E-state index is 0.0837. The van der Waals surface area contributed by atoms with Gasteiger partial charge < -0.3 is 25.5 Å². The Hall–Kier alpha value is -3.75. The Kier molecular flexibility index (Phi) is 13.7. The number of carboxylic acid groups (broad SMARTS) is 5. The van der Waals surface area contributed by atoms with Crippen molar-refractivity contribution in [3.63, 3.8) is 0 Å². The largest absolute Gasteiger partial charge is 0.480 e. The van der Waals surface area contributed by atoms with Gasteiger partial charge in [0.05, 0.1) is 43.6 Å². The molecule has 38 heavy (non-hydrogen) atoms. The van der Waals surface area contributed by atoms with Gasteiger partial charge in [0.25, 0.3) is 0 Å². The fourth-order valence-corrected chi connectivity index (χ4v) is 4.00. The topological polar surface area (TPSA) is 209 Å². The Morgan fingerprint density at radius 1 is 0.763 bits per heavy atom. The monoisotopic (exact) mass is 554 g/mol. The van der Waals surface area contributed by atoms with Crippen LogP contribution in [0.25, 0.3) is 0 Å². The fraction of sp³-hybridized carbons (Fsp3) is 0.478. The zero-order valence-corrected chi connectivity index (χ0v) is 21.4. The molecule has 1 rings (SSSR count). The van der Waals surface area contributed by atoms with E-state index in [1.54, 1.807) is 24.3 Å². The quantitative estimate of drug-likeness (QED) is 0.113. The first-order chi connectivity index (χ1) is 17.8. The summed E-state index contributed by atoms with van der Waals surface area (Å²) >= 11 is 4.57. The fourth-order valence-electron chi connectivity index (χ4n) is 3.90. The maximum Gasteiger partial charge on any atom is 0.317 e. The van der Waals surface area contributed by atoms with Crippen LogP contribution in [-0.2, 0) is 30.4 Å². The Bertz CT molecular complexity index is 1010. The molecule has 14 nitrogen and oxygen atoms in total. The minimum Gasteiger partial charge on any atom is -0.480 e. The van der Waals surface area contributed by atoms with Crippen LogP contribution in [-0.4, -0.2) is 133 Å². The number of aliphatic carboxylic acids is 5. The lowest BCUT2D eigenvalue weighted by atomic mass is 10.0. The molecular weight excluding hydrogens is 524 g/mol. The molecule has 0 aliphatic carbocycles. The number of benzene rings is 1. The van der Waals surface area contributed by atoms with E-state index in [-0.39, 0.29) is 19.5 Å². The van der Waals surface area contributed by atoms with Gasteiger partial charge in [-0.3, -0.25) is 38.7 Å². The normalized spacial score (nSPS) is 12.6. The molecule has 5 N–H and O–H groups in total. The predicted octanol–water partition coefficient (Wildman–Crippen LogP) is 0.0495. The molecule has 0 amide bonds. The van der Waals surface area contributed by atoms with Gasteiger partial charge in [-0.25, -0.2) is 0 Å². The molecule has 0 aliphatic rings. The molecule has 15 heteroatoms. The zero-order chi connectivity index (χ0) is 28.8. The molecule has 0 saturated carbocycles. The highest BCUT2D eigenvalue weighted by Gasteiger charge is 2.29. The van der Waals surface area contributed by atoms with E-state index in [2.05, 4.69) is 22.4 Å². The average Bonchev–Trinajstić information content (AvgIpc) is 2.77. The lowest BCUT2D eigenvalue weighted by Crippen LogP contribution is -2.53. The standard InChI is InChI=1S/C23H30N4O10S/c1-15(26(10-20(30)31)11-21(32)33)7-25(9-19(28)29)8-18(27(12-22(34)35)13-23(36)37)6-16-2-4-17(5-3-16)24-14-38/h2-5,15,18H,6-13H2,1H3,(H,28,29)(H,30,31)(H,32,33)(H,34,35)(H,36,37)/t15-,18-/m1/s1. The highest BCUT2D eigenvalue weighted by atomic mass is 32.1. The second-order valence-electron chi connectivity index (χ2n) is 8.55. The molecule has 0 saturated heterocycles. The molecule has 1 aromatic rings. The summed E-state index contributed by atoms with van der Waals surface area (Å²) in [6.07, 6.45) is 0.139. The van der Waals surface area contributed by atoms with E-state index < -0.39 is 74.7 Å². The number of carboxylic acids is 5. The van der Waals surface area contributed by atoms with Crippen molar-refractivity contribution in [2.75, 3.05) is 45.8 Å². The summed E-state index contributed by atoms with van der Waals surface area (Å²) in [5.74, 6) is -6.33. The molecule has 208 valence electrons. The molecule has 2 atom stereocenters. The summed E-state index contributed by atoms with van der Waals surface area (Å²) in [6, 6.07) is 5.13. The maximum absolute atomic E-state index is 11.6. The summed E-state index contributed by atoms with van der Waals surface area (Å²) in [7, 11) is 0. The number of isothiocyanates is 1. The van der Waals surface area contributed by atoms with Crippen LogP contribution in [0.2, 0.25) is 0 Å². The van der Waals surface area contributed by atoms with Crippen molar-refractivity contribution in [3.05, 3.63) is 29.8 Å². The lowest BCUT2D eigenvalue weighted by Gasteiger charge is -2.36. The van der Waals surface area contributed by atoms with Gasteiger partial charge in [0, 0.05) is 25.2 Å². The van der Waals surface area contributed by atoms with E-state index in [1.165, 1.54) is 16.7 Å². The van der Waals surface area contributed by atoms with Gasteiger partial charge >= 0.3 is 29.8 Å². The Labute approximate surface area is 223 Å². The van der Waals surface area contributed by atoms with Gasteiger partial charge in [-0.1, -0.05) is 12.1 Å². The third-order valence-corrected chi connectivity index (χ3v) is 5.52. The van der Waals surface area contributed by atoms with Crippen molar-refractivity contribution in [2.24, 2.45) is 4.99 Å². The third kappa shape index (κ3) is 13.0. The smallest absolute Gasteiger partial charge is 0.317 e. The molecule has 0 fully saturated rings. The summed E-state index contributed by atoms with van der Waals surface area (Å²) in [5, 5.41) is 48.8. The van der Waals surface area contributed by atoms with Gasteiger partial charge in [-0.05, 0) is 43.3 Å². The zero-order valence-electron chi connectivity index (χ0n) is 20.6. The number of hydrogen-bond acceptors (Lipinski definition) is 10. The van der Waals surface area contributed by atoms with Crippen LogP contribution < -0.4 is 0 Å². The lowest BCUT2D eigenvalue weighted by molar-refractivity contribution is -0.144. The van der Waals surface area contributed by atoms with Crippen LogP contribution in [0.4, 0.5) is 5.69 Å². The number of thiocarbonyl (C=S) groups is 1. The molecule has 1 aromatic carbocycles. The summed E-state index contributed by atoms with van der Waals surface area (Å²) < 4.78 is 0. The molecule has 0 unspecified atom stereocenters.